The second-order valence-corrected chi connectivity index (χ2v) is 10.4. The van der Waals surface area contributed by atoms with Crippen LogP contribution in [0.5, 0.6) is 5.75 Å². The average Bonchev–Trinajstić information content (AvgIpc) is 3.40. The number of carbonyl (C=O) groups excluding carboxylic acids is 1. The van der Waals surface area contributed by atoms with E-state index in [0.717, 1.165) is 71.8 Å². The van der Waals surface area contributed by atoms with Crippen molar-refractivity contribution in [2.24, 2.45) is 0 Å². The zero-order chi connectivity index (χ0) is 26.5. The first kappa shape index (κ1) is 26.0. The Labute approximate surface area is 228 Å². The molecule has 1 saturated heterocycles. The van der Waals surface area contributed by atoms with Gasteiger partial charge in [-0.05, 0) is 55.4 Å². The molecule has 0 aliphatic carbocycles. The van der Waals surface area contributed by atoms with E-state index in [1.807, 2.05) is 53.4 Å². The summed E-state index contributed by atoms with van der Waals surface area (Å²) in [6, 6.07) is 24.2. The van der Waals surface area contributed by atoms with Crippen LogP contribution in [0.4, 0.5) is 0 Å². The average molecular weight is 528 g/mol. The summed E-state index contributed by atoms with van der Waals surface area (Å²) in [7, 11) is 1.66. The highest BCUT2D eigenvalue weighted by Crippen LogP contribution is 2.31. The summed E-state index contributed by atoms with van der Waals surface area (Å²) in [4.78, 5) is 17.3. The van der Waals surface area contributed by atoms with Crippen LogP contribution in [-0.2, 0) is 5.75 Å². The number of benzene rings is 3. The van der Waals surface area contributed by atoms with Crippen molar-refractivity contribution in [3.63, 3.8) is 0 Å². The van der Waals surface area contributed by atoms with Crippen molar-refractivity contribution >= 4 is 17.7 Å². The second kappa shape index (κ2) is 11.8. The van der Waals surface area contributed by atoms with Crippen LogP contribution in [0.1, 0.15) is 28.4 Å². The molecule has 1 fully saturated rings. The highest BCUT2D eigenvalue weighted by Gasteiger charge is 2.21. The van der Waals surface area contributed by atoms with E-state index in [2.05, 4.69) is 57.8 Å². The van der Waals surface area contributed by atoms with Gasteiger partial charge in [0.15, 0.2) is 11.0 Å². The lowest BCUT2D eigenvalue weighted by atomic mass is 10.1. The molecule has 0 atom stereocenters. The van der Waals surface area contributed by atoms with Crippen molar-refractivity contribution in [3.8, 4) is 22.8 Å². The van der Waals surface area contributed by atoms with Crippen molar-refractivity contribution in [2.45, 2.75) is 24.8 Å². The van der Waals surface area contributed by atoms with Gasteiger partial charge in [-0.15, -0.1) is 10.2 Å². The van der Waals surface area contributed by atoms with Gasteiger partial charge in [-0.2, -0.15) is 0 Å². The molecule has 0 N–H and O–H groups in total. The second-order valence-electron chi connectivity index (χ2n) is 9.42. The number of hydrogen-bond donors (Lipinski definition) is 0. The van der Waals surface area contributed by atoms with Gasteiger partial charge in [-0.25, -0.2) is 0 Å². The van der Waals surface area contributed by atoms with Gasteiger partial charge in [0, 0.05) is 48.7 Å². The molecular weight excluding hydrogens is 494 g/mol. The van der Waals surface area contributed by atoms with Gasteiger partial charge < -0.3 is 14.5 Å². The maximum atomic E-state index is 13.0. The molecule has 0 saturated carbocycles. The molecule has 196 valence electrons. The molecule has 8 heteroatoms. The van der Waals surface area contributed by atoms with Crippen LogP contribution in [0.25, 0.3) is 17.1 Å². The standard InChI is InChI=1S/C30H33N5O2S/c1-4-33-17-19-34(20-18-33)29(36)25-11-7-23(8-12-25)21-38-30-32-31-28(24-9-5-22(2)6-10-24)35(30)26-13-15-27(37-3)16-14-26/h5-16H,4,17-21H2,1-3H3. The minimum Gasteiger partial charge on any atom is -0.497 e. The van der Waals surface area contributed by atoms with E-state index in [9.17, 15) is 4.79 Å². The van der Waals surface area contributed by atoms with E-state index < -0.39 is 0 Å². The van der Waals surface area contributed by atoms with E-state index in [0.29, 0.717) is 5.75 Å². The van der Waals surface area contributed by atoms with Crippen LogP contribution >= 0.6 is 11.8 Å². The molecule has 1 aliphatic rings. The topological polar surface area (TPSA) is 63.5 Å². The molecule has 3 aromatic carbocycles. The minimum atomic E-state index is 0.113. The maximum absolute atomic E-state index is 13.0. The molecule has 1 amide bonds. The smallest absolute Gasteiger partial charge is 0.253 e. The molecule has 7 nitrogen and oxygen atoms in total. The Bertz CT molecular complexity index is 1360. The Morgan fingerprint density at radius 1 is 0.895 bits per heavy atom. The number of aromatic nitrogens is 3. The van der Waals surface area contributed by atoms with E-state index in [-0.39, 0.29) is 5.91 Å². The number of amides is 1. The Morgan fingerprint density at radius 3 is 2.21 bits per heavy atom. The van der Waals surface area contributed by atoms with Crippen LogP contribution in [0.15, 0.2) is 78.0 Å². The first-order valence-corrected chi connectivity index (χ1v) is 13.9. The van der Waals surface area contributed by atoms with Crippen LogP contribution in [-0.4, -0.2) is 70.3 Å². The molecule has 5 rings (SSSR count). The molecule has 0 unspecified atom stereocenters. The van der Waals surface area contributed by atoms with Crippen molar-refractivity contribution in [2.75, 3.05) is 39.8 Å². The van der Waals surface area contributed by atoms with E-state index in [1.165, 1.54) is 5.56 Å². The fourth-order valence-electron chi connectivity index (χ4n) is 4.56. The Kier molecular flexibility index (Phi) is 8.10. The van der Waals surface area contributed by atoms with Gasteiger partial charge in [0.2, 0.25) is 0 Å². The number of nitrogens with zero attached hydrogens (tertiary/aromatic N) is 5. The molecule has 4 aromatic rings. The summed E-state index contributed by atoms with van der Waals surface area (Å²) in [5.74, 6) is 2.42. The Balaban J connectivity index is 1.33. The van der Waals surface area contributed by atoms with E-state index in [4.69, 9.17) is 4.74 Å². The van der Waals surface area contributed by atoms with Gasteiger partial charge in [0.25, 0.3) is 5.91 Å². The van der Waals surface area contributed by atoms with Gasteiger partial charge in [0.1, 0.15) is 5.75 Å². The summed E-state index contributed by atoms with van der Waals surface area (Å²) >= 11 is 1.63. The number of aryl methyl sites for hydroxylation is 1. The number of ether oxygens (including phenoxy) is 1. The third-order valence-electron chi connectivity index (χ3n) is 6.95. The summed E-state index contributed by atoms with van der Waals surface area (Å²) < 4.78 is 7.44. The zero-order valence-electron chi connectivity index (χ0n) is 22.1. The van der Waals surface area contributed by atoms with Crippen molar-refractivity contribution in [1.29, 1.82) is 0 Å². The van der Waals surface area contributed by atoms with Crippen molar-refractivity contribution in [3.05, 3.63) is 89.5 Å². The van der Waals surface area contributed by atoms with Gasteiger partial charge >= 0.3 is 0 Å². The quantitative estimate of drug-likeness (QED) is 0.289. The molecule has 1 aromatic heterocycles. The van der Waals surface area contributed by atoms with Crippen LogP contribution < -0.4 is 4.74 Å². The fourth-order valence-corrected chi connectivity index (χ4v) is 5.47. The normalized spacial score (nSPS) is 14.0. The number of carbonyl (C=O) groups is 1. The van der Waals surface area contributed by atoms with Gasteiger partial charge in [-0.1, -0.05) is 60.6 Å². The monoisotopic (exact) mass is 527 g/mol. The third kappa shape index (κ3) is 5.76. The highest BCUT2D eigenvalue weighted by atomic mass is 32.2. The summed E-state index contributed by atoms with van der Waals surface area (Å²) in [6.07, 6.45) is 0. The Morgan fingerprint density at radius 2 is 1.58 bits per heavy atom. The predicted octanol–water partition coefficient (Wildman–Crippen LogP) is 5.32. The van der Waals surface area contributed by atoms with Crippen LogP contribution in [0, 0.1) is 6.92 Å². The molecule has 0 spiro atoms. The molecule has 38 heavy (non-hydrogen) atoms. The first-order chi connectivity index (χ1) is 18.6. The van der Waals surface area contributed by atoms with Gasteiger partial charge in [0.05, 0.1) is 7.11 Å². The number of piperazine rings is 1. The Hall–Kier alpha value is -3.62. The number of rotatable bonds is 8. The summed E-state index contributed by atoms with van der Waals surface area (Å²) in [6.45, 7) is 8.73. The maximum Gasteiger partial charge on any atom is 0.253 e. The predicted molar refractivity (Wildman–Crippen MR) is 152 cm³/mol. The van der Waals surface area contributed by atoms with Crippen LogP contribution in [0.3, 0.4) is 0 Å². The number of likely N-dealkylation sites (N-methyl/N-ethyl adjacent to an activating group) is 1. The first-order valence-electron chi connectivity index (χ1n) is 13.0. The molecule has 0 bridgehead atoms. The lowest BCUT2D eigenvalue weighted by Crippen LogP contribution is -2.48. The molecule has 1 aliphatic heterocycles. The van der Waals surface area contributed by atoms with Crippen molar-refractivity contribution < 1.29 is 9.53 Å². The fraction of sp³-hybridized carbons (Fsp3) is 0.300. The summed E-state index contributed by atoms with van der Waals surface area (Å²) in [5.41, 5.74) is 5.05. The molecule has 2 heterocycles. The zero-order valence-corrected chi connectivity index (χ0v) is 22.9. The largest absolute Gasteiger partial charge is 0.497 e. The SMILES string of the molecule is CCN1CCN(C(=O)c2ccc(CSc3nnc(-c4ccc(C)cc4)n3-c3ccc(OC)cc3)cc2)CC1. The number of hydrogen-bond acceptors (Lipinski definition) is 6. The molecule has 0 radical (unpaired) electrons. The molecular formula is C30H33N5O2S. The number of thioether (sulfide) groups is 1. The van der Waals surface area contributed by atoms with E-state index in [1.54, 1.807) is 18.9 Å². The lowest BCUT2D eigenvalue weighted by molar-refractivity contribution is 0.0643. The summed E-state index contributed by atoms with van der Waals surface area (Å²) in [5, 5.41) is 9.91. The highest BCUT2D eigenvalue weighted by molar-refractivity contribution is 7.98. The van der Waals surface area contributed by atoms with Crippen molar-refractivity contribution in [1.82, 2.24) is 24.6 Å². The van der Waals surface area contributed by atoms with Crippen LogP contribution in [0.2, 0.25) is 0 Å². The minimum absolute atomic E-state index is 0.113. The third-order valence-corrected chi connectivity index (χ3v) is 7.95. The lowest BCUT2D eigenvalue weighted by Gasteiger charge is -2.34. The number of methoxy groups -OCH3 is 1. The van der Waals surface area contributed by atoms with Gasteiger partial charge in [-0.3, -0.25) is 9.36 Å². The van der Waals surface area contributed by atoms with E-state index >= 15 is 0 Å².